The van der Waals surface area contributed by atoms with Crippen molar-refractivity contribution in [3.63, 3.8) is 0 Å². The molecule has 0 bridgehead atoms. The molecule has 41 heavy (non-hydrogen) atoms. The number of rotatable bonds is 9. The molecule has 0 fully saturated rings. The molecule has 0 saturated carbocycles. The summed E-state index contributed by atoms with van der Waals surface area (Å²) in [4.78, 5) is 18.3. The van der Waals surface area contributed by atoms with Crippen LogP contribution in [0.1, 0.15) is 27.0 Å². The number of benzene rings is 3. The second-order valence-corrected chi connectivity index (χ2v) is 11.1. The number of thiophene rings is 1. The van der Waals surface area contributed by atoms with Gasteiger partial charge in [0.2, 0.25) is 5.75 Å². The molecule has 1 aliphatic carbocycles. The van der Waals surface area contributed by atoms with Gasteiger partial charge in [-0.1, -0.05) is 24.3 Å². The molecule has 8 heteroatoms. The number of nitrogens with one attached hydrogen (secondary N) is 2. The lowest BCUT2D eigenvalue weighted by molar-refractivity contribution is 0.0917. The molecule has 0 aliphatic heterocycles. The van der Waals surface area contributed by atoms with Gasteiger partial charge in [0.1, 0.15) is 0 Å². The summed E-state index contributed by atoms with van der Waals surface area (Å²) in [5.41, 5.74) is 7.64. The third kappa shape index (κ3) is 4.83. The fourth-order valence-corrected chi connectivity index (χ4v) is 6.64. The van der Waals surface area contributed by atoms with Crippen LogP contribution in [0, 0.1) is 0 Å². The number of carbonyl (C=O) groups is 1. The molecule has 3 N–H and O–H groups in total. The number of aromatic amines is 1. The lowest BCUT2D eigenvalue weighted by Crippen LogP contribution is -2.39. The zero-order chi connectivity index (χ0) is 28.5. The van der Waals surface area contributed by atoms with E-state index in [0.717, 1.165) is 62.0 Å². The van der Waals surface area contributed by atoms with Gasteiger partial charge >= 0.3 is 0 Å². The molecule has 0 saturated heterocycles. The summed E-state index contributed by atoms with van der Waals surface area (Å²) in [6.45, 7) is -0.179. The number of carbonyl (C=O) groups excluding carboxylic acids is 1. The summed E-state index contributed by atoms with van der Waals surface area (Å²) in [6.07, 6.45) is 4.02. The minimum absolute atomic E-state index is 0.179. The molecule has 2 heterocycles. The zero-order valence-electron chi connectivity index (χ0n) is 23.2. The Kier molecular flexibility index (Phi) is 7.43. The molecule has 0 radical (unpaired) electrons. The number of aromatic nitrogens is 1. The number of para-hydroxylation sites is 1. The third-order valence-corrected chi connectivity index (χ3v) is 8.74. The standard InChI is InChI=1S/C33H32N2O5S/c1-38-29-16-25-23(31(39-2)32(29)40-3)11-10-19-14-26(30-9-6-12-41-30)27(15-24(19)25)33(37)35-21(18-36)13-20-17-34-28-8-5-4-7-22(20)28/h4-9,12,14-17,21,34,36H,10-11,13,18H2,1-3H3,(H,35,37)/t21-/m1/s1. The predicted octanol–water partition coefficient (Wildman–Crippen LogP) is 6.02. The Morgan fingerprint density at radius 2 is 1.80 bits per heavy atom. The monoisotopic (exact) mass is 568 g/mol. The van der Waals surface area contributed by atoms with Gasteiger partial charge in [-0.05, 0) is 77.2 Å². The van der Waals surface area contributed by atoms with Gasteiger partial charge in [-0.25, -0.2) is 0 Å². The number of amides is 1. The average molecular weight is 569 g/mol. The Labute approximate surface area is 242 Å². The Morgan fingerprint density at radius 1 is 0.976 bits per heavy atom. The summed E-state index contributed by atoms with van der Waals surface area (Å²) < 4.78 is 17.1. The van der Waals surface area contributed by atoms with Gasteiger partial charge in [-0.3, -0.25) is 4.79 Å². The number of fused-ring (bicyclic) bond motifs is 4. The highest BCUT2D eigenvalue weighted by molar-refractivity contribution is 7.13. The van der Waals surface area contributed by atoms with E-state index in [4.69, 9.17) is 14.2 Å². The molecule has 3 aromatic carbocycles. The molecule has 0 unspecified atom stereocenters. The first kappa shape index (κ1) is 26.9. The van der Waals surface area contributed by atoms with Gasteiger partial charge in [0.15, 0.2) is 11.5 Å². The second-order valence-electron chi connectivity index (χ2n) is 10.1. The third-order valence-electron chi connectivity index (χ3n) is 7.84. The lowest BCUT2D eigenvalue weighted by Gasteiger charge is -2.26. The summed E-state index contributed by atoms with van der Waals surface area (Å²) >= 11 is 1.60. The lowest BCUT2D eigenvalue weighted by atomic mass is 9.82. The van der Waals surface area contributed by atoms with Crippen LogP contribution in [0.25, 0.3) is 32.5 Å². The van der Waals surface area contributed by atoms with Crippen molar-refractivity contribution in [2.24, 2.45) is 0 Å². The van der Waals surface area contributed by atoms with E-state index in [1.807, 2.05) is 60.1 Å². The largest absolute Gasteiger partial charge is 0.493 e. The van der Waals surface area contributed by atoms with Crippen molar-refractivity contribution in [1.82, 2.24) is 10.3 Å². The molecule has 210 valence electrons. The molecular formula is C33H32N2O5S. The molecular weight excluding hydrogens is 536 g/mol. The quantitative estimate of drug-likeness (QED) is 0.202. The first-order chi connectivity index (χ1) is 20.1. The fraction of sp³-hybridized carbons (Fsp3) is 0.242. The van der Waals surface area contributed by atoms with Gasteiger partial charge in [0, 0.05) is 38.7 Å². The van der Waals surface area contributed by atoms with Crippen molar-refractivity contribution in [2.45, 2.75) is 25.3 Å². The maximum absolute atomic E-state index is 14.0. The number of ether oxygens (including phenoxy) is 3. The molecule has 6 rings (SSSR count). The van der Waals surface area contributed by atoms with Crippen molar-refractivity contribution in [2.75, 3.05) is 27.9 Å². The highest BCUT2D eigenvalue weighted by Gasteiger charge is 2.28. The fourth-order valence-electron chi connectivity index (χ4n) is 5.88. The molecule has 1 atom stereocenters. The van der Waals surface area contributed by atoms with Crippen molar-refractivity contribution < 1.29 is 24.1 Å². The van der Waals surface area contributed by atoms with Crippen LogP contribution in [0.2, 0.25) is 0 Å². The Morgan fingerprint density at radius 3 is 2.54 bits per heavy atom. The van der Waals surface area contributed by atoms with E-state index in [1.54, 1.807) is 32.7 Å². The van der Waals surface area contributed by atoms with E-state index in [2.05, 4.69) is 16.4 Å². The van der Waals surface area contributed by atoms with Crippen molar-refractivity contribution in [3.8, 4) is 38.8 Å². The Hall–Kier alpha value is -4.27. The number of hydrogen-bond acceptors (Lipinski definition) is 6. The predicted molar refractivity (Wildman–Crippen MR) is 163 cm³/mol. The van der Waals surface area contributed by atoms with Crippen LogP contribution in [0.4, 0.5) is 0 Å². The summed E-state index contributed by atoms with van der Waals surface area (Å²) in [5, 5.41) is 16.5. The first-order valence-corrected chi connectivity index (χ1v) is 14.4. The van der Waals surface area contributed by atoms with Crippen LogP contribution in [0.3, 0.4) is 0 Å². The van der Waals surface area contributed by atoms with Gasteiger partial charge < -0.3 is 29.6 Å². The molecule has 5 aromatic rings. The van der Waals surface area contributed by atoms with Gasteiger partial charge in [0.25, 0.3) is 5.91 Å². The van der Waals surface area contributed by atoms with E-state index >= 15 is 0 Å². The Balaban J connectivity index is 1.41. The van der Waals surface area contributed by atoms with Gasteiger partial charge in [-0.15, -0.1) is 11.3 Å². The summed E-state index contributed by atoms with van der Waals surface area (Å²) in [6, 6.07) is 17.7. The molecule has 1 aliphatic rings. The Bertz CT molecular complexity index is 1720. The summed E-state index contributed by atoms with van der Waals surface area (Å²) in [5.74, 6) is 1.56. The minimum Gasteiger partial charge on any atom is -0.493 e. The van der Waals surface area contributed by atoms with Gasteiger partial charge in [-0.2, -0.15) is 0 Å². The van der Waals surface area contributed by atoms with E-state index in [1.165, 1.54) is 0 Å². The topological polar surface area (TPSA) is 92.8 Å². The van der Waals surface area contributed by atoms with Crippen LogP contribution in [-0.4, -0.2) is 50.0 Å². The van der Waals surface area contributed by atoms with Crippen LogP contribution in [-0.2, 0) is 19.3 Å². The zero-order valence-corrected chi connectivity index (χ0v) is 24.1. The highest BCUT2D eigenvalue weighted by atomic mass is 32.1. The number of H-pyrrole nitrogens is 1. The highest BCUT2D eigenvalue weighted by Crippen LogP contribution is 2.49. The number of aliphatic hydroxyl groups excluding tert-OH is 1. The van der Waals surface area contributed by atoms with Crippen LogP contribution < -0.4 is 19.5 Å². The number of aliphatic hydroxyl groups is 1. The van der Waals surface area contributed by atoms with Crippen molar-refractivity contribution >= 4 is 28.1 Å². The SMILES string of the molecule is COc1cc2c(c(OC)c1OC)CCc1cc(-c3cccs3)c(C(=O)N[C@@H](CO)Cc3c[nH]c4ccccc34)cc1-2. The van der Waals surface area contributed by atoms with Crippen molar-refractivity contribution in [1.29, 1.82) is 0 Å². The van der Waals surface area contributed by atoms with Crippen LogP contribution in [0.5, 0.6) is 17.2 Å². The molecule has 7 nitrogen and oxygen atoms in total. The van der Waals surface area contributed by atoms with Crippen molar-refractivity contribution in [3.05, 3.63) is 88.4 Å². The number of methoxy groups -OCH3 is 3. The maximum atomic E-state index is 14.0. The smallest absolute Gasteiger partial charge is 0.252 e. The normalized spacial score (nSPS) is 12.9. The van der Waals surface area contributed by atoms with Crippen LogP contribution >= 0.6 is 11.3 Å². The van der Waals surface area contributed by atoms with E-state index in [0.29, 0.717) is 29.2 Å². The van der Waals surface area contributed by atoms with Crippen LogP contribution in [0.15, 0.2) is 66.2 Å². The maximum Gasteiger partial charge on any atom is 0.252 e. The minimum atomic E-state index is -0.453. The second kappa shape index (κ2) is 11.3. The molecule has 0 spiro atoms. The van der Waals surface area contributed by atoms with E-state index in [-0.39, 0.29) is 12.5 Å². The molecule has 1 amide bonds. The van der Waals surface area contributed by atoms with E-state index < -0.39 is 6.04 Å². The molecule has 2 aromatic heterocycles. The average Bonchev–Trinajstić information content (AvgIpc) is 3.69. The summed E-state index contributed by atoms with van der Waals surface area (Å²) in [7, 11) is 4.84. The van der Waals surface area contributed by atoms with Gasteiger partial charge in [0.05, 0.1) is 34.0 Å². The first-order valence-electron chi connectivity index (χ1n) is 13.6. The number of aryl methyl sites for hydroxylation is 1. The number of hydrogen-bond donors (Lipinski definition) is 3. The van der Waals surface area contributed by atoms with E-state index in [9.17, 15) is 9.90 Å².